The number of aromatic nitrogens is 4. The fraction of sp³-hybridized carbons (Fsp3) is 0.192. The van der Waals surface area contributed by atoms with Crippen molar-refractivity contribution in [2.75, 3.05) is 13.1 Å². The van der Waals surface area contributed by atoms with Crippen LogP contribution in [0.1, 0.15) is 29.2 Å². The molecular formula is C26H23FN6O3. The number of halogens is 1. The summed E-state index contributed by atoms with van der Waals surface area (Å²) in [7, 11) is 0. The number of carbonyl (C=O) groups excluding carboxylic acids is 2. The van der Waals surface area contributed by atoms with Crippen LogP contribution < -0.4 is 10.5 Å². The van der Waals surface area contributed by atoms with Gasteiger partial charge in [0, 0.05) is 42.6 Å². The van der Waals surface area contributed by atoms with Gasteiger partial charge in [-0.15, -0.1) is 0 Å². The molecule has 182 valence electrons. The van der Waals surface area contributed by atoms with Crippen molar-refractivity contribution in [3.8, 4) is 22.8 Å². The molecule has 5 rings (SSSR count). The lowest BCUT2D eigenvalue weighted by Gasteiger charge is -2.32. The number of hydrogen-bond donors (Lipinski definition) is 1. The van der Waals surface area contributed by atoms with Gasteiger partial charge in [0.1, 0.15) is 28.3 Å². The van der Waals surface area contributed by atoms with Crippen LogP contribution >= 0.6 is 0 Å². The van der Waals surface area contributed by atoms with Crippen molar-refractivity contribution in [2.45, 2.75) is 18.9 Å². The van der Waals surface area contributed by atoms with Gasteiger partial charge in [-0.2, -0.15) is 5.10 Å². The summed E-state index contributed by atoms with van der Waals surface area (Å²) >= 11 is 0. The average molecular weight is 487 g/mol. The number of carbonyl (C=O) groups is 2. The van der Waals surface area contributed by atoms with Gasteiger partial charge in [-0.1, -0.05) is 6.58 Å². The summed E-state index contributed by atoms with van der Waals surface area (Å²) in [6.45, 7) is 4.62. The molecule has 1 unspecified atom stereocenters. The molecule has 2 N–H and O–H groups in total. The lowest BCUT2D eigenvalue weighted by molar-refractivity contribution is -0.127. The zero-order chi connectivity index (χ0) is 25.2. The topological polar surface area (TPSA) is 116 Å². The number of amides is 2. The zero-order valence-electron chi connectivity index (χ0n) is 19.3. The Hall–Kier alpha value is -4.60. The molecule has 9 nitrogen and oxygen atoms in total. The quantitative estimate of drug-likeness (QED) is 0.414. The van der Waals surface area contributed by atoms with Gasteiger partial charge in [0.25, 0.3) is 5.91 Å². The molecule has 1 atom stereocenters. The van der Waals surface area contributed by atoms with Crippen molar-refractivity contribution in [3.05, 3.63) is 79.2 Å². The SMILES string of the molecule is C=CC(=O)N1CCCC(n2nc(-c3ccc(Oc4ccncc4C(N)=O)cc3)c3cncc(F)c32)C1. The standard InChI is InChI=1S/C26H23FN6O3/c1-2-23(34)32-11-3-4-17(15-32)33-25-20(13-30-14-21(25)27)24(31-33)16-5-7-18(8-6-16)36-22-9-10-29-12-19(22)26(28)35/h2,5-10,12-14,17H,1,3-4,11,15H2,(H2,28,35). The third-order valence-corrected chi connectivity index (χ3v) is 6.20. The monoisotopic (exact) mass is 486 g/mol. The first-order valence-electron chi connectivity index (χ1n) is 11.4. The van der Waals surface area contributed by atoms with Gasteiger partial charge in [0.2, 0.25) is 5.91 Å². The highest BCUT2D eigenvalue weighted by Gasteiger charge is 2.28. The summed E-state index contributed by atoms with van der Waals surface area (Å²) in [4.78, 5) is 33.5. The highest BCUT2D eigenvalue weighted by atomic mass is 19.1. The maximum atomic E-state index is 15.0. The highest BCUT2D eigenvalue weighted by Crippen LogP contribution is 2.34. The Morgan fingerprint density at radius 3 is 2.69 bits per heavy atom. The van der Waals surface area contributed by atoms with Crippen LogP contribution in [0.2, 0.25) is 0 Å². The number of rotatable bonds is 6. The summed E-state index contributed by atoms with van der Waals surface area (Å²) in [6.07, 6.45) is 8.45. The zero-order valence-corrected chi connectivity index (χ0v) is 19.3. The van der Waals surface area contributed by atoms with E-state index in [-0.39, 0.29) is 17.5 Å². The molecular weight excluding hydrogens is 463 g/mol. The maximum absolute atomic E-state index is 15.0. The highest BCUT2D eigenvalue weighted by molar-refractivity contribution is 5.95. The minimum Gasteiger partial charge on any atom is -0.456 e. The Kier molecular flexibility index (Phi) is 6.16. The molecule has 1 aromatic carbocycles. The molecule has 2 amide bonds. The molecule has 1 saturated heterocycles. The maximum Gasteiger partial charge on any atom is 0.254 e. The second kappa shape index (κ2) is 9.57. The predicted molar refractivity (Wildman–Crippen MR) is 131 cm³/mol. The number of piperidine rings is 1. The Balaban J connectivity index is 1.49. The van der Waals surface area contributed by atoms with Crippen LogP contribution in [0, 0.1) is 5.82 Å². The molecule has 4 aromatic rings. The predicted octanol–water partition coefficient (Wildman–Crippen LogP) is 3.87. The van der Waals surface area contributed by atoms with Crippen molar-refractivity contribution >= 4 is 22.7 Å². The number of nitrogens with zero attached hydrogens (tertiary/aromatic N) is 5. The first-order chi connectivity index (χ1) is 17.5. The van der Waals surface area contributed by atoms with E-state index in [4.69, 9.17) is 15.6 Å². The van der Waals surface area contributed by atoms with E-state index in [1.54, 1.807) is 46.1 Å². The molecule has 1 aliphatic rings. The molecule has 3 aromatic heterocycles. The fourth-order valence-electron chi connectivity index (χ4n) is 4.47. The fourth-order valence-corrected chi connectivity index (χ4v) is 4.47. The van der Waals surface area contributed by atoms with Gasteiger partial charge in [-0.25, -0.2) is 4.39 Å². The van der Waals surface area contributed by atoms with Crippen LogP contribution in [-0.4, -0.2) is 49.6 Å². The van der Waals surface area contributed by atoms with Crippen molar-refractivity contribution in [2.24, 2.45) is 5.73 Å². The van der Waals surface area contributed by atoms with Gasteiger partial charge in [-0.3, -0.25) is 24.2 Å². The average Bonchev–Trinajstić information content (AvgIpc) is 3.30. The number of ether oxygens (including phenoxy) is 1. The molecule has 1 fully saturated rings. The first-order valence-corrected chi connectivity index (χ1v) is 11.4. The largest absolute Gasteiger partial charge is 0.456 e. The molecule has 4 heterocycles. The van der Waals surface area contributed by atoms with Crippen LogP contribution in [0.4, 0.5) is 4.39 Å². The number of benzene rings is 1. The molecule has 0 saturated carbocycles. The van der Waals surface area contributed by atoms with Gasteiger partial charge in [-0.05, 0) is 49.2 Å². The van der Waals surface area contributed by atoms with Crippen LogP contribution in [-0.2, 0) is 4.79 Å². The van der Waals surface area contributed by atoms with E-state index >= 15 is 0 Å². The summed E-state index contributed by atoms with van der Waals surface area (Å²) in [5.41, 5.74) is 7.22. The van der Waals surface area contributed by atoms with E-state index in [0.29, 0.717) is 41.2 Å². The lowest BCUT2D eigenvalue weighted by atomic mass is 10.1. The molecule has 0 aliphatic carbocycles. The Morgan fingerprint density at radius 2 is 1.94 bits per heavy atom. The van der Waals surface area contributed by atoms with Gasteiger partial charge in [0.15, 0.2) is 5.82 Å². The van der Waals surface area contributed by atoms with E-state index in [9.17, 15) is 14.0 Å². The number of hydrogen-bond acceptors (Lipinski definition) is 6. The summed E-state index contributed by atoms with van der Waals surface area (Å²) in [5, 5.41) is 5.35. The molecule has 0 bridgehead atoms. The summed E-state index contributed by atoms with van der Waals surface area (Å²) in [6, 6.07) is 8.42. The van der Waals surface area contributed by atoms with Crippen LogP contribution in [0.5, 0.6) is 11.5 Å². The van der Waals surface area contributed by atoms with Crippen LogP contribution in [0.15, 0.2) is 67.8 Å². The first kappa shape index (κ1) is 23.2. The van der Waals surface area contributed by atoms with E-state index in [1.165, 1.54) is 24.7 Å². The second-order valence-corrected chi connectivity index (χ2v) is 8.46. The third kappa shape index (κ3) is 4.28. The minimum absolute atomic E-state index is 0.150. The van der Waals surface area contributed by atoms with E-state index < -0.39 is 11.7 Å². The van der Waals surface area contributed by atoms with Gasteiger partial charge < -0.3 is 15.4 Å². The summed E-state index contributed by atoms with van der Waals surface area (Å²) < 4.78 is 22.5. The van der Waals surface area contributed by atoms with Crippen molar-refractivity contribution in [1.29, 1.82) is 0 Å². The van der Waals surface area contributed by atoms with Crippen LogP contribution in [0.3, 0.4) is 0 Å². The third-order valence-electron chi connectivity index (χ3n) is 6.20. The molecule has 1 aliphatic heterocycles. The number of nitrogens with two attached hydrogens (primary N) is 1. The molecule has 0 radical (unpaired) electrons. The van der Waals surface area contributed by atoms with Crippen molar-refractivity contribution in [1.82, 2.24) is 24.6 Å². The molecule has 0 spiro atoms. The normalized spacial score (nSPS) is 15.6. The van der Waals surface area contributed by atoms with Crippen molar-refractivity contribution in [3.63, 3.8) is 0 Å². The summed E-state index contributed by atoms with van der Waals surface area (Å²) in [5.74, 6) is -0.497. The Morgan fingerprint density at radius 1 is 1.14 bits per heavy atom. The Bertz CT molecular complexity index is 1470. The molecule has 36 heavy (non-hydrogen) atoms. The number of likely N-dealkylation sites (tertiary alicyclic amines) is 1. The Labute approximate surface area is 206 Å². The van der Waals surface area contributed by atoms with Crippen molar-refractivity contribution < 1.29 is 18.7 Å². The number of primary amides is 1. The second-order valence-electron chi connectivity index (χ2n) is 8.46. The van der Waals surface area contributed by atoms with Crippen LogP contribution in [0.25, 0.3) is 22.2 Å². The van der Waals surface area contributed by atoms with E-state index in [2.05, 4.69) is 16.5 Å². The lowest BCUT2D eigenvalue weighted by Crippen LogP contribution is -2.40. The van der Waals surface area contributed by atoms with E-state index in [0.717, 1.165) is 18.4 Å². The minimum atomic E-state index is -0.641. The number of pyridine rings is 2. The molecule has 10 heteroatoms. The smallest absolute Gasteiger partial charge is 0.254 e. The van der Waals surface area contributed by atoms with E-state index in [1.807, 2.05) is 0 Å². The van der Waals surface area contributed by atoms with Gasteiger partial charge in [0.05, 0.1) is 12.2 Å². The number of fused-ring (bicyclic) bond motifs is 1. The van der Waals surface area contributed by atoms with Gasteiger partial charge >= 0.3 is 0 Å².